The SMILES string of the molecule is OCC[C@@H](O)c1cc(Cl)ccc1F. The van der Waals surface area contributed by atoms with Crippen molar-refractivity contribution in [3.63, 3.8) is 0 Å². The van der Waals surface area contributed by atoms with Crippen LogP contribution in [-0.4, -0.2) is 16.8 Å². The van der Waals surface area contributed by atoms with E-state index in [-0.39, 0.29) is 18.6 Å². The number of hydrogen-bond acceptors (Lipinski definition) is 2. The maximum Gasteiger partial charge on any atom is 0.129 e. The quantitative estimate of drug-likeness (QED) is 0.790. The molecular weight excluding hydrogens is 195 g/mol. The Labute approximate surface area is 80.6 Å². The van der Waals surface area contributed by atoms with Gasteiger partial charge in [0.15, 0.2) is 0 Å². The second-order valence-corrected chi connectivity index (χ2v) is 3.13. The summed E-state index contributed by atoms with van der Waals surface area (Å²) in [6.07, 6.45) is -0.888. The molecule has 0 fully saturated rings. The highest BCUT2D eigenvalue weighted by atomic mass is 35.5. The van der Waals surface area contributed by atoms with Crippen molar-refractivity contribution in [2.24, 2.45) is 0 Å². The van der Waals surface area contributed by atoms with Crippen LogP contribution in [0.15, 0.2) is 18.2 Å². The zero-order chi connectivity index (χ0) is 9.84. The Hall–Kier alpha value is -0.640. The Morgan fingerprint density at radius 2 is 2.15 bits per heavy atom. The van der Waals surface area contributed by atoms with Gasteiger partial charge < -0.3 is 10.2 Å². The molecule has 0 aromatic heterocycles. The van der Waals surface area contributed by atoms with Gasteiger partial charge in [-0.25, -0.2) is 4.39 Å². The first-order chi connectivity index (χ1) is 6.15. The van der Waals surface area contributed by atoms with Crippen molar-refractivity contribution in [3.05, 3.63) is 34.6 Å². The summed E-state index contributed by atoms with van der Waals surface area (Å²) in [5.41, 5.74) is 0.126. The van der Waals surface area contributed by atoms with Crippen LogP contribution in [0, 0.1) is 5.82 Å². The smallest absolute Gasteiger partial charge is 0.129 e. The standard InChI is InChI=1S/C9H10ClFO2/c10-6-1-2-8(11)7(5-6)9(13)3-4-12/h1-2,5,9,12-13H,3-4H2/t9-/m1/s1. The second kappa shape index (κ2) is 4.56. The van der Waals surface area contributed by atoms with E-state index in [2.05, 4.69) is 0 Å². The Bertz CT molecular complexity index is 291. The van der Waals surface area contributed by atoms with Crippen LogP contribution in [0.3, 0.4) is 0 Å². The number of rotatable bonds is 3. The molecule has 2 N–H and O–H groups in total. The fourth-order valence-corrected chi connectivity index (χ4v) is 1.23. The van der Waals surface area contributed by atoms with E-state index in [4.69, 9.17) is 16.7 Å². The number of aliphatic hydroxyl groups excluding tert-OH is 2. The Kier molecular flexibility index (Phi) is 3.66. The van der Waals surface area contributed by atoms with Crippen molar-refractivity contribution in [2.45, 2.75) is 12.5 Å². The van der Waals surface area contributed by atoms with Crippen LogP contribution in [0.25, 0.3) is 0 Å². The Balaban J connectivity index is 2.91. The molecule has 1 rings (SSSR count). The lowest BCUT2D eigenvalue weighted by Crippen LogP contribution is -2.02. The normalized spacial score (nSPS) is 12.9. The zero-order valence-corrected chi connectivity index (χ0v) is 7.63. The zero-order valence-electron chi connectivity index (χ0n) is 6.87. The van der Waals surface area contributed by atoms with Crippen LogP contribution in [0.5, 0.6) is 0 Å². The summed E-state index contributed by atoms with van der Waals surface area (Å²) in [7, 11) is 0. The lowest BCUT2D eigenvalue weighted by Gasteiger charge is -2.10. The maximum atomic E-state index is 13.0. The van der Waals surface area contributed by atoms with Gasteiger partial charge in [-0.2, -0.15) is 0 Å². The van der Waals surface area contributed by atoms with Crippen LogP contribution in [0.4, 0.5) is 4.39 Å². The first-order valence-electron chi connectivity index (χ1n) is 3.89. The van der Waals surface area contributed by atoms with Gasteiger partial charge in [-0.1, -0.05) is 11.6 Å². The predicted octanol–water partition coefficient (Wildman–Crippen LogP) is 1.89. The van der Waals surface area contributed by atoms with E-state index >= 15 is 0 Å². The molecule has 13 heavy (non-hydrogen) atoms. The first-order valence-corrected chi connectivity index (χ1v) is 4.27. The summed E-state index contributed by atoms with van der Waals surface area (Å²) in [5.74, 6) is -0.509. The van der Waals surface area contributed by atoms with Crippen molar-refractivity contribution in [2.75, 3.05) is 6.61 Å². The summed E-state index contributed by atoms with van der Waals surface area (Å²) in [5, 5.41) is 18.3. The van der Waals surface area contributed by atoms with E-state index in [0.717, 1.165) is 0 Å². The molecule has 1 aromatic rings. The third kappa shape index (κ3) is 2.66. The molecule has 0 spiro atoms. The van der Waals surface area contributed by atoms with Gasteiger partial charge in [-0.3, -0.25) is 0 Å². The molecule has 0 heterocycles. The van der Waals surface area contributed by atoms with Crippen LogP contribution in [0.1, 0.15) is 18.1 Å². The topological polar surface area (TPSA) is 40.5 Å². The molecule has 0 aliphatic carbocycles. The summed E-state index contributed by atoms with van der Waals surface area (Å²) in [6, 6.07) is 3.96. The average Bonchev–Trinajstić information content (AvgIpc) is 2.09. The van der Waals surface area contributed by atoms with E-state index in [9.17, 15) is 9.50 Å². The molecule has 0 bridgehead atoms. The summed E-state index contributed by atoms with van der Waals surface area (Å²) >= 11 is 5.62. The number of hydrogen-bond donors (Lipinski definition) is 2. The minimum atomic E-state index is -0.997. The lowest BCUT2D eigenvalue weighted by molar-refractivity contribution is 0.131. The van der Waals surface area contributed by atoms with Gasteiger partial charge in [0.2, 0.25) is 0 Å². The lowest BCUT2D eigenvalue weighted by atomic mass is 10.1. The monoisotopic (exact) mass is 204 g/mol. The van der Waals surface area contributed by atoms with Gasteiger partial charge in [0, 0.05) is 23.6 Å². The van der Waals surface area contributed by atoms with Crippen molar-refractivity contribution in [1.29, 1.82) is 0 Å². The number of aliphatic hydroxyl groups is 2. The van der Waals surface area contributed by atoms with Gasteiger partial charge in [-0.15, -0.1) is 0 Å². The molecule has 2 nitrogen and oxygen atoms in total. The van der Waals surface area contributed by atoms with Crippen LogP contribution >= 0.6 is 11.6 Å². The minimum Gasteiger partial charge on any atom is -0.396 e. The number of halogens is 2. The molecule has 0 aliphatic heterocycles. The minimum absolute atomic E-state index is 0.108. The van der Waals surface area contributed by atoms with E-state index in [1.165, 1.54) is 18.2 Å². The second-order valence-electron chi connectivity index (χ2n) is 2.69. The molecule has 0 amide bonds. The van der Waals surface area contributed by atoms with E-state index in [0.29, 0.717) is 5.02 Å². The fraction of sp³-hybridized carbons (Fsp3) is 0.333. The van der Waals surface area contributed by atoms with Gasteiger partial charge >= 0.3 is 0 Å². The molecule has 0 unspecified atom stereocenters. The summed E-state index contributed by atoms with van der Waals surface area (Å²) in [6.45, 7) is -0.187. The molecule has 1 aromatic carbocycles. The van der Waals surface area contributed by atoms with Gasteiger partial charge in [0.05, 0.1) is 6.10 Å². The van der Waals surface area contributed by atoms with Crippen molar-refractivity contribution >= 4 is 11.6 Å². The largest absolute Gasteiger partial charge is 0.396 e. The molecule has 4 heteroatoms. The molecule has 0 saturated carbocycles. The van der Waals surface area contributed by atoms with E-state index in [1.807, 2.05) is 0 Å². The Morgan fingerprint density at radius 3 is 2.77 bits per heavy atom. The molecule has 0 radical (unpaired) electrons. The highest BCUT2D eigenvalue weighted by Crippen LogP contribution is 2.23. The van der Waals surface area contributed by atoms with Crippen LogP contribution < -0.4 is 0 Å². The molecule has 0 saturated heterocycles. The molecule has 0 aliphatic rings. The van der Waals surface area contributed by atoms with Crippen molar-refractivity contribution < 1.29 is 14.6 Å². The highest BCUT2D eigenvalue weighted by Gasteiger charge is 2.12. The third-order valence-corrected chi connectivity index (χ3v) is 1.95. The summed E-state index contributed by atoms with van der Waals surface area (Å²) < 4.78 is 13.0. The van der Waals surface area contributed by atoms with Crippen molar-refractivity contribution in [1.82, 2.24) is 0 Å². The summed E-state index contributed by atoms with van der Waals surface area (Å²) in [4.78, 5) is 0. The maximum absolute atomic E-state index is 13.0. The number of benzene rings is 1. The third-order valence-electron chi connectivity index (χ3n) is 1.72. The molecular formula is C9H10ClFO2. The van der Waals surface area contributed by atoms with Gasteiger partial charge in [0.1, 0.15) is 5.82 Å². The van der Waals surface area contributed by atoms with Gasteiger partial charge in [-0.05, 0) is 18.2 Å². The first kappa shape index (κ1) is 10.4. The van der Waals surface area contributed by atoms with Gasteiger partial charge in [0.25, 0.3) is 0 Å². The molecule has 1 atom stereocenters. The predicted molar refractivity (Wildman–Crippen MR) is 48.1 cm³/mol. The fourth-order valence-electron chi connectivity index (χ4n) is 1.05. The Morgan fingerprint density at radius 1 is 1.46 bits per heavy atom. The average molecular weight is 205 g/mol. The van der Waals surface area contributed by atoms with Crippen LogP contribution in [0.2, 0.25) is 5.02 Å². The van der Waals surface area contributed by atoms with Crippen molar-refractivity contribution in [3.8, 4) is 0 Å². The van der Waals surface area contributed by atoms with Crippen LogP contribution in [-0.2, 0) is 0 Å². The molecule has 72 valence electrons. The highest BCUT2D eigenvalue weighted by molar-refractivity contribution is 6.30. The van der Waals surface area contributed by atoms with E-state index < -0.39 is 11.9 Å². The van der Waals surface area contributed by atoms with E-state index in [1.54, 1.807) is 0 Å².